The third-order valence-electron chi connectivity index (χ3n) is 5.41. The van der Waals surface area contributed by atoms with E-state index in [-0.39, 0.29) is 0 Å². The Morgan fingerprint density at radius 2 is 1.88 bits per heavy atom. The molecule has 0 heterocycles. The molecule has 2 rings (SSSR count). The maximum Gasteiger partial charge on any atom is 0.00471 e. The summed E-state index contributed by atoms with van der Waals surface area (Å²) in [6.07, 6.45) is 13.7. The molecule has 98 valence electrons. The second-order valence-electron chi connectivity index (χ2n) is 6.35. The van der Waals surface area contributed by atoms with Crippen LogP contribution in [0.2, 0.25) is 0 Å². The maximum absolute atomic E-state index is 3.45. The van der Waals surface area contributed by atoms with Crippen molar-refractivity contribution in [1.29, 1.82) is 0 Å². The van der Waals surface area contributed by atoms with Crippen LogP contribution in [0.1, 0.15) is 65.2 Å². The van der Waals surface area contributed by atoms with Crippen LogP contribution in [-0.4, -0.2) is 13.6 Å². The Labute approximate surface area is 107 Å². The highest BCUT2D eigenvalue weighted by Gasteiger charge is 2.53. The van der Waals surface area contributed by atoms with Gasteiger partial charge in [0.25, 0.3) is 0 Å². The average molecular weight is 235 g/mol. The monoisotopic (exact) mass is 235 g/mol. The molecule has 0 amide bonds. The number of rotatable bonds is 5. The lowest BCUT2D eigenvalue weighted by molar-refractivity contribution is -0.0209. The van der Waals surface area contributed by atoms with Crippen LogP contribution < -0.4 is 5.32 Å². The molecule has 0 unspecified atom stereocenters. The molecule has 0 saturated heterocycles. The lowest BCUT2D eigenvalue weighted by Crippen LogP contribution is -2.52. The summed E-state index contributed by atoms with van der Waals surface area (Å²) >= 11 is 0. The Morgan fingerprint density at radius 1 is 1.18 bits per heavy atom. The first kappa shape index (κ1) is 13.1. The molecular weight excluding hydrogens is 206 g/mol. The van der Waals surface area contributed by atoms with Crippen molar-refractivity contribution in [3.63, 3.8) is 0 Å². The normalized spacial score (nSPS) is 26.2. The van der Waals surface area contributed by atoms with Gasteiger partial charge in [0.15, 0.2) is 0 Å². The molecule has 1 N–H and O–H groups in total. The summed E-state index contributed by atoms with van der Waals surface area (Å²) in [6, 6.07) is 0. The molecule has 2 aliphatic rings. The number of hydrogen-bond donors (Lipinski definition) is 1. The van der Waals surface area contributed by atoms with E-state index in [4.69, 9.17) is 0 Å². The number of hydrogen-bond acceptors (Lipinski definition) is 1. The molecule has 1 heteroatoms. The molecule has 0 aromatic carbocycles. The number of allylic oxidation sites excluding steroid dienone is 1. The van der Waals surface area contributed by atoms with Gasteiger partial charge in [-0.15, -0.1) is 0 Å². The highest BCUT2D eigenvalue weighted by atomic mass is 14.8. The highest BCUT2D eigenvalue weighted by molar-refractivity contribution is 5.24. The van der Waals surface area contributed by atoms with Gasteiger partial charge in [-0.2, -0.15) is 0 Å². The molecule has 17 heavy (non-hydrogen) atoms. The summed E-state index contributed by atoms with van der Waals surface area (Å²) in [5.74, 6) is 0. The third-order valence-corrected chi connectivity index (χ3v) is 5.41. The fraction of sp³-hybridized carbons (Fsp3) is 0.875. The quantitative estimate of drug-likeness (QED) is 0.701. The largest absolute Gasteiger partial charge is 0.319 e. The van der Waals surface area contributed by atoms with Gasteiger partial charge in [0.05, 0.1) is 0 Å². The molecule has 1 nitrogen and oxygen atoms in total. The molecule has 0 aromatic heterocycles. The van der Waals surface area contributed by atoms with E-state index >= 15 is 0 Å². The van der Waals surface area contributed by atoms with Gasteiger partial charge in [0, 0.05) is 12.0 Å². The highest BCUT2D eigenvalue weighted by Crippen LogP contribution is 2.62. The Morgan fingerprint density at radius 3 is 2.35 bits per heavy atom. The summed E-state index contributed by atoms with van der Waals surface area (Å²) in [4.78, 5) is 0. The summed E-state index contributed by atoms with van der Waals surface area (Å²) < 4.78 is 0. The molecule has 1 saturated carbocycles. The minimum atomic E-state index is 0.529. The van der Waals surface area contributed by atoms with Gasteiger partial charge in [-0.3, -0.25) is 0 Å². The van der Waals surface area contributed by atoms with Gasteiger partial charge in [0.2, 0.25) is 0 Å². The van der Waals surface area contributed by atoms with Crippen molar-refractivity contribution >= 4 is 0 Å². The van der Waals surface area contributed by atoms with Gasteiger partial charge >= 0.3 is 0 Å². The van der Waals surface area contributed by atoms with E-state index in [1.807, 2.05) is 0 Å². The number of nitrogens with one attached hydrogen (secondary N) is 1. The molecule has 0 aromatic rings. The van der Waals surface area contributed by atoms with E-state index < -0.39 is 0 Å². The van der Waals surface area contributed by atoms with Crippen molar-refractivity contribution < 1.29 is 0 Å². The predicted molar refractivity (Wildman–Crippen MR) is 75.2 cm³/mol. The standard InChI is InChI=1S/C16H29N/c1-4-15(5-2)11-16(12-15,13-17-3)14-9-7-6-8-10-14/h9,17H,4-8,10-13H2,1-3H3. The Balaban J connectivity index is 2.11. The summed E-state index contributed by atoms with van der Waals surface area (Å²) in [6.45, 7) is 5.95. The Kier molecular flexibility index (Phi) is 3.97. The van der Waals surface area contributed by atoms with Crippen molar-refractivity contribution in [3.05, 3.63) is 11.6 Å². The molecule has 0 aliphatic heterocycles. The molecule has 1 fully saturated rings. The SMILES string of the molecule is CCC1(CC)CC(CNC)(C2=CCCCC2)C1. The topological polar surface area (TPSA) is 12.0 Å². The smallest absolute Gasteiger partial charge is 0.00471 e. The van der Waals surface area contributed by atoms with Gasteiger partial charge in [-0.05, 0) is 51.0 Å². The lowest BCUT2D eigenvalue weighted by atomic mass is 9.47. The fourth-order valence-corrected chi connectivity index (χ4v) is 4.26. The van der Waals surface area contributed by atoms with E-state index in [1.54, 1.807) is 5.57 Å². The van der Waals surface area contributed by atoms with Gasteiger partial charge < -0.3 is 5.32 Å². The van der Waals surface area contributed by atoms with E-state index in [1.165, 1.54) is 57.9 Å². The Bertz CT molecular complexity index is 278. The first-order valence-electron chi connectivity index (χ1n) is 7.54. The Hall–Kier alpha value is -0.300. The van der Waals surface area contributed by atoms with Crippen LogP contribution in [0.4, 0.5) is 0 Å². The van der Waals surface area contributed by atoms with Gasteiger partial charge in [-0.1, -0.05) is 38.3 Å². The predicted octanol–water partition coefficient (Wildman–Crippen LogP) is 4.29. The molecule has 2 aliphatic carbocycles. The van der Waals surface area contributed by atoms with Crippen molar-refractivity contribution in [1.82, 2.24) is 5.32 Å². The van der Waals surface area contributed by atoms with Crippen LogP contribution in [0.25, 0.3) is 0 Å². The van der Waals surface area contributed by atoms with Crippen LogP contribution in [0.5, 0.6) is 0 Å². The lowest BCUT2D eigenvalue weighted by Gasteiger charge is -2.58. The zero-order chi connectivity index (χ0) is 12.4. The molecule has 0 spiro atoms. The minimum absolute atomic E-state index is 0.529. The first-order valence-corrected chi connectivity index (χ1v) is 7.54. The molecule has 0 bridgehead atoms. The van der Waals surface area contributed by atoms with Crippen molar-refractivity contribution in [2.45, 2.75) is 65.2 Å². The summed E-state index contributed by atoms with van der Waals surface area (Å²) in [7, 11) is 2.11. The van der Waals surface area contributed by atoms with E-state index in [0.29, 0.717) is 10.8 Å². The van der Waals surface area contributed by atoms with Gasteiger partial charge in [0.1, 0.15) is 0 Å². The average Bonchev–Trinajstić information content (AvgIpc) is 2.35. The van der Waals surface area contributed by atoms with Crippen molar-refractivity contribution in [2.24, 2.45) is 10.8 Å². The molecule has 0 atom stereocenters. The molecule has 0 radical (unpaired) electrons. The summed E-state index contributed by atoms with van der Waals surface area (Å²) in [5, 5.41) is 3.45. The van der Waals surface area contributed by atoms with Crippen LogP contribution in [-0.2, 0) is 0 Å². The van der Waals surface area contributed by atoms with Crippen LogP contribution in [0.3, 0.4) is 0 Å². The zero-order valence-electron chi connectivity index (χ0n) is 11.9. The minimum Gasteiger partial charge on any atom is -0.319 e. The van der Waals surface area contributed by atoms with E-state index in [9.17, 15) is 0 Å². The van der Waals surface area contributed by atoms with E-state index in [2.05, 4.69) is 32.3 Å². The van der Waals surface area contributed by atoms with Crippen molar-refractivity contribution in [3.8, 4) is 0 Å². The zero-order valence-corrected chi connectivity index (χ0v) is 11.9. The maximum atomic E-state index is 3.45. The van der Waals surface area contributed by atoms with Crippen molar-refractivity contribution in [2.75, 3.05) is 13.6 Å². The second-order valence-corrected chi connectivity index (χ2v) is 6.35. The summed E-state index contributed by atoms with van der Waals surface area (Å²) in [5.41, 5.74) is 2.98. The fourth-order valence-electron chi connectivity index (χ4n) is 4.26. The van der Waals surface area contributed by atoms with E-state index in [0.717, 1.165) is 0 Å². The van der Waals surface area contributed by atoms with Crippen LogP contribution >= 0.6 is 0 Å². The first-order chi connectivity index (χ1) is 8.20. The molecular formula is C16H29N. The third kappa shape index (κ3) is 2.31. The van der Waals surface area contributed by atoms with Crippen LogP contribution in [0.15, 0.2) is 11.6 Å². The second kappa shape index (κ2) is 5.14. The van der Waals surface area contributed by atoms with Crippen LogP contribution in [0, 0.1) is 10.8 Å². The van der Waals surface area contributed by atoms with Gasteiger partial charge in [-0.25, -0.2) is 0 Å².